The van der Waals surface area contributed by atoms with Crippen LogP contribution in [0.15, 0.2) is 18.2 Å². The molecule has 0 amide bonds. The molecular weight excluding hydrogens is 326 g/mol. The van der Waals surface area contributed by atoms with Crippen molar-refractivity contribution in [1.82, 2.24) is 5.32 Å². The molecule has 0 saturated carbocycles. The van der Waals surface area contributed by atoms with E-state index in [1.807, 2.05) is 14.0 Å². The Labute approximate surface area is 134 Å². The second kappa shape index (κ2) is 9.38. The van der Waals surface area contributed by atoms with Gasteiger partial charge in [-0.3, -0.25) is 0 Å². The van der Waals surface area contributed by atoms with E-state index in [1.165, 1.54) is 6.07 Å². The minimum atomic E-state index is -4.39. The molecule has 0 aromatic heterocycles. The highest BCUT2D eigenvalue weighted by Crippen LogP contribution is 2.35. The van der Waals surface area contributed by atoms with Crippen LogP contribution in [0.5, 0.6) is 5.75 Å². The largest absolute Gasteiger partial charge is 0.489 e. The summed E-state index contributed by atoms with van der Waals surface area (Å²) in [6, 6.07) is 3.17. The summed E-state index contributed by atoms with van der Waals surface area (Å²) in [5.74, 6) is 0.300. The molecule has 7 heteroatoms. The van der Waals surface area contributed by atoms with E-state index in [9.17, 15) is 13.2 Å². The van der Waals surface area contributed by atoms with Crippen LogP contribution in [-0.2, 0) is 6.18 Å². The van der Waals surface area contributed by atoms with Crippen LogP contribution in [0.1, 0.15) is 31.7 Å². The molecule has 0 unspecified atom stereocenters. The maximum absolute atomic E-state index is 12.5. The highest BCUT2D eigenvalue weighted by atomic mass is 35.5. The second-order valence-corrected chi connectivity index (χ2v) is 4.97. The Morgan fingerprint density at radius 1 is 1.29 bits per heavy atom. The van der Waals surface area contributed by atoms with Gasteiger partial charge in [0.25, 0.3) is 0 Å². The molecule has 0 fully saturated rings. The zero-order chi connectivity index (χ0) is 15.2. The third-order valence-electron chi connectivity index (χ3n) is 2.88. The number of benzene rings is 1. The van der Waals surface area contributed by atoms with Crippen molar-refractivity contribution >= 4 is 24.0 Å². The summed E-state index contributed by atoms with van der Waals surface area (Å²) in [7, 11) is 1.84. The molecule has 0 aliphatic rings. The Morgan fingerprint density at radius 2 is 1.95 bits per heavy atom. The number of alkyl halides is 3. The zero-order valence-corrected chi connectivity index (χ0v) is 13.5. The van der Waals surface area contributed by atoms with Gasteiger partial charge in [0.05, 0.1) is 16.7 Å². The average Bonchev–Trinajstić information content (AvgIpc) is 2.37. The molecule has 1 aromatic carbocycles. The highest BCUT2D eigenvalue weighted by Gasteiger charge is 2.31. The first-order chi connectivity index (χ1) is 9.38. The first-order valence-electron chi connectivity index (χ1n) is 6.56. The summed E-state index contributed by atoms with van der Waals surface area (Å²) in [5, 5.41) is 3.02. The molecule has 1 aromatic rings. The monoisotopic (exact) mass is 345 g/mol. The highest BCUT2D eigenvalue weighted by molar-refractivity contribution is 6.32. The number of nitrogens with one attached hydrogen (secondary N) is 1. The van der Waals surface area contributed by atoms with Crippen LogP contribution in [-0.4, -0.2) is 19.7 Å². The first-order valence-corrected chi connectivity index (χ1v) is 6.94. The van der Waals surface area contributed by atoms with Crippen LogP contribution in [0.4, 0.5) is 13.2 Å². The Bertz CT molecular complexity index is 427. The lowest BCUT2D eigenvalue weighted by atomic mass is 10.1. The summed E-state index contributed by atoms with van der Waals surface area (Å²) >= 11 is 5.87. The Balaban J connectivity index is 0.00000400. The maximum atomic E-state index is 12.5. The third-order valence-corrected chi connectivity index (χ3v) is 3.18. The van der Waals surface area contributed by atoms with E-state index >= 15 is 0 Å². The predicted molar refractivity (Wildman–Crippen MR) is 81.6 cm³/mol. The Morgan fingerprint density at radius 3 is 2.43 bits per heavy atom. The lowest BCUT2D eigenvalue weighted by molar-refractivity contribution is -0.137. The molecule has 0 saturated heterocycles. The van der Waals surface area contributed by atoms with E-state index in [-0.39, 0.29) is 23.5 Å². The van der Waals surface area contributed by atoms with E-state index in [2.05, 4.69) is 5.32 Å². The molecule has 2 nitrogen and oxygen atoms in total. The van der Waals surface area contributed by atoms with E-state index in [1.54, 1.807) is 0 Å². The van der Waals surface area contributed by atoms with Crippen molar-refractivity contribution in [2.45, 2.75) is 38.5 Å². The van der Waals surface area contributed by atoms with E-state index in [0.717, 1.165) is 37.9 Å². The van der Waals surface area contributed by atoms with Crippen LogP contribution in [0, 0.1) is 0 Å². The molecule has 0 spiro atoms. The summed E-state index contributed by atoms with van der Waals surface area (Å²) < 4.78 is 43.3. The molecule has 1 atom stereocenters. The molecule has 122 valence electrons. The third kappa shape index (κ3) is 6.76. The van der Waals surface area contributed by atoms with Crippen molar-refractivity contribution in [2.75, 3.05) is 13.6 Å². The smallest absolute Gasteiger partial charge is 0.416 e. The molecule has 21 heavy (non-hydrogen) atoms. The quantitative estimate of drug-likeness (QED) is 0.755. The summed E-state index contributed by atoms with van der Waals surface area (Å²) in [6.07, 6.45) is -1.90. The predicted octanol–water partition coefficient (Wildman–Crippen LogP) is 4.94. The van der Waals surface area contributed by atoms with Gasteiger partial charge < -0.3 is 10.1 Å². The lowest BCUT2D eigenvalue weighted by Gasteiger charge is -2.20. The van der Waals surface area contributed by atoms with Crippen molar-refractivity contribution in [3.8, 4) is 5.75 Å². The molecule has 0 bridgehead atoms. The molecule has 0 aliphatic carbocycles. The number of ether oxygens (including phenoxy) is 1. The van der Waals surface area contributed by atoms with Crippen LogP contribution in [0.3, 0.4) is 0 Å². The van der Waals surface area contributed by atoms with Crippen molar-refractivity contribution in [2.24, 2.45) is 0 Å². The van der Waals surface area contributed by atoms with Gasteiger partial charge in [-0.2, -0.15) is 13.2 Å². The standard InChI is InChI=1S/C14H19ClF3NO.ClH/c1-3-4-11(7-8-19-2)20-13-6-5-10(9-12(13)15)14(16,17)18;/h5-6,9,11,19H,3-4,7-8H2,1-2H3;1H/t11-;/m0./s1. The molecule has 1 rings (SSSR count). The summed E-state index contributed by atoms with van der Waals surface area (Å²) in [5.41, 5.74) is -0.767. The lowest BCUT2D eigenvalue weighted by Crippen LogP contribution is -2.22. The fourth-order valence-corrected chi connectivity index (χ4v) is 2.07. The van der Waals surface area contributed by atoms with Gasteiger partial charge in [0, 0.05) is 0 Å². The van der Waals surface area contributed by atoms with Gasteiger partial charge in [0.15, 0.2) is 0 Å². The molecular formula is C14H20Cl2F3NO. The summed E-state index contributed by atoms with van der Waals surface area (Å²) in [6.45, 7) is 2.81. The van der Waals surface area contributed by atoms with Gasteiger partial charge in [0.1, 0.15) is 5.75 Å². The van der Waals surface area contributed by atoms with Gasteiger partial charge in [0.2, 0.25) is 0 Å². The number of hydrogen-bond donors (Lipinski definition) is 1. The van der Waals surface area contributed by atoms with E-state index in [4.69, 9.17) is 16.3 Å². The zero-order valence-electron chi connectivity index (χ0n) is 12.0. The number of rotatable bonds is 7. The number of hydrogen-bond acceptors (Lipinski definition) is 2. The van der Waals surface area contributed by atoms with Crippen LogP contribution in [0.25, 0.3) is 0 Å². The molecule has 0 aliphatic heterocycles. The topological polar surface area (TPSA) is 21.3 Å². The van der Waals surface area contributed by atoms with Gasteiger partial charge in [-0.25, -0.2) is 0 Å². The van der Waals surface area contributed by atoms with Gasteiger partial charge in [-0.05, 0) is 44.6 Å². The van der Waals surface area contributed by atoms with Crippen LogP contribution >= 0.6 is 24.0 Å². The van der Waals surface area contributed by atoms with E-state index in [0.29, 0.717) is 5.75 Å². The van der Waals surface area contributed by atoms with Crippen LogP contribution < -0.4 is 10.1 Å². The normalized spacial score (nSPS) is 12.7. The molecule has 1 N–H and O–H groups in total. The SMILES string of the molecule is CCC[C@@H](CCNC)Oc1ccc(C(F)(F)F)cc1Cl.Cl. The Kier molecular flexibility index (Phi) is 9.09. The minimum absolute atomic E-state index is 0. The van der Waals surface area contributed by atoms with Crippen molar-refractivity contribution in [3.63, 3.8) is 0 Å². The fraction of sp³-hybridized carbons (Fsp3) is 0.571. The van der Waals surface area contributed by atoms with Gasteiger partial charge >= 0.3 is 6.18 Å². The number of halogens is 5. The Hall–Kier alpha value is -0.650. The summed E-state index contributed by atoms with van der Waals surface area (Å²) in [4.78, 5) is 0. The average molecular weight is 346 g/mol. The van der Waals surface area contributed by atoms with Crippen LogP contribution in [0.2, 0.25) is 5.02 Å². The van der Waals surface area contributed by atoms with Crippen molar-refractivity contribution in [1.29, 1.82) is 0 Å². The van der Waals surface area contributed by atoms with Crippen molar-refractivity contribution in [3.05, 3.63) is 28.8 Å². The van der Waals surface area contributed by atoms with Gasteiger partial charge in [-0.15, -0.1) is 12.4 Å². The maximum Gasteiger partial charge on any atom is 0.416 e. The molecule has 0 radical (unpaired) electrons. The fourth-order valence-electron chi connectivity index (χ4n) is 1.84. The first kappa shape index (κ1) is 20.3. The van der Waals surface area contributed by atoms with Gasteiger partial charge in [-0.1, -0.05) is 24.9 Å². The van der Waals surface area contributed by atoms with E-state index < -0.39 is 11.7 Å². The minimum Gasteiger partial charge on any atom is -0.489 e. The second-order valence-electron chi connectivity index (χ2n) is 4.56. The van der Waals surface area contributed by atoms with Crippen molar-refractivity contribution < 1.29 is 17.9 Å². The molecule has 0 heterocycles.